The number of aliphatic hydroxyl groups is 2. The molecule has 0 aromatic rings. The van der Waals surface area contributed by atoms with Crippen LogP contribution in [0.4, 0.5) is 0 Å². The number of carboxylic acid groups (broad SMARTS) is 4. The van der Waals surface area contributed by atoms with Crippen LogP contribution in [0, 0.1) is 0 Å². The molecule has 0 heterocycles. The van der Waals surface area contributed by atoms with Gasteiger partial charge in [-0.25, -0.2) is 0 Å². The normalized spacial score (nSPS) is 9.69. The monoisotopic (exact) mass is 466 g/mol. The van der Waals surface area contributed by atoms with Crippen molar-refractivity contribution in [2.75, 3.05) is 13.2 Å². The van der Waals surface area contributed by atoms with Crippen LogP contribution in [0.1, 0.15) is 103 Å². The Labute approximate surface area is 190 Å². The summed E-state index contributed by atoms with van der Waals surface area (Å²) in [6.45, 7) is -0.250. The minimum atomic E-state index is -0.740. The van der Waals surface area contributed by atoms with Gasteiger partial charge in [0.25, 0.3) is 0 Å². The molecule has 0 unspecified atom stereocenters. The summed E-state index contributed by atoms with van der Waals surface area (Å²) < 4.78 is 0. The molecule has 0 bridgehead atoms. The van der Waals surface area contributed by atoms with Crippen molar-refractivity contribution >= 4 is 23.9 Å². The van der Waals surface area contributed by atoms with Gasteiger partial charge in [-0.05, 0) is 25.7 Å². The summed E-state index contributed by atoms with van der Waals surface area (Å²) in [5.41, 5.74) is 0. The Morgan fingerprint density at radius 3 is 0.625 bits per heavy atom. The van der Waals surface area contributed by atoms with Crippen LogP contribution >= 0.6 is 0 Å². The maximum atomic E-state index is 10.1. The molecule has 0 aromatic carbocycles. The van der Waals surface area contributed by atoms with Crippen LogP contribution in [-0.4, -0.2) is 67.7 Å². The van der Waals surface area contributed by atoms with Gasteiger partial charge in [0.15, 0.2) is 0 Å². The lowest BCUT2D eigenvalue weighted by Gasteiger charge is -1.98. The van der Waals surface area contributed by atoms with Crippen molar-refractivity contribution in [3.8, 4) is 0 Å². The fraction of sp³-hybridized carbons (Fsp3) is 0.818. The summed E-state index contributed by atoms with van der Waals surface area (Å²) in [5.74, 6) is -2.96. The van der Waals surface area contributed by atoms with Gasteiger partial charge in [-0.3, -0.25) is 19.2 Å². The molecule has 0 aliphatic carbocycles. The third-order valence-electron chi connectivity index (χ3n) is 4.16. The SMILES string of the molecule is O=C(O)CCCCCCCCC(=O)O.O=C(O)CCCCCCCCC(=O)O.OCCO. The second-order valence-electron chi connectivity index (χ2n) is 7.26. The fourth-order valence-corrected chi connectivity index (χ4v) is 2.52. The molecule has 190 valence electrons. The number of aliphatic hydroxyl groups excluding tert-OH is 2. The van der Waals surface area contributed by atoms with Crippen molar-refractivity contribution < 1.29 is 49.8 Å². The van der Waals surface area contributed by atoms with Crippen molar-refractivity contribution in [3.05, 3.63) is 0 Å². The number of hydrogen-bond acceptors (Lipinski definition) is 6. The third-order valence-corrected chi connectivity index (χ3v) is 4.16. The van der Waals surface area contributed by atoms with E-state index in [1.165, 1.54) is 0 Å². The van der Waals surface area contributed by atoms with E-state index in [0.717, 1.165) is 77.0 Å². The topological polar surface area (TPSA) is 190 Å². The predicted octanol–water partition coefficient (Wildman–Crippen LogP) is 3.52. The molecule has 0 spiro atoms. The fourth-order valence-electron chi connectivity index (χ4n) is 2.52. The maximum absolute atomic E-state index is 10.1. The molecule has 6 N–H and O–H groups in total. The quantitative estimate of drug-likeness (QED) is 0.154. The summed E-state index contributed by atoms with van der Waals surface area (Å²) in [5, 5.41) is 48.7. The van der Waals surface area contributed by atoms with Crippen LogP contribution in [-0.2, 0) is 19.2 Å². The smallest absolute Gasteiger partial charge is 0.303 e. The molecule has 0 fully saturated rings. The maximum Gasteiger partial charge on any atom is 0.303 e. The van der Waals surface area contributed by atoms with Crippen molar-refractivity contribution in [1.29, 1.82) is 0 Å². The molecule has 0 atom stereocenters. The lowest BCUT2D eigenvalue weighted by Crippen LogP contribution is -1.94. The first-order valence-electron chi connectivity index (χ1n) is 11.3. The largest absolute Gasteiger partial charge is 0.481 e. The van der Waals surface area contributed by atoms with Crippen molar-refractivity contribution in [1.82, 2.24) is 0 Å². The number of carboxylic acids is 4. The lowest BCUT2D eigenvalue weighted by atomic mass is 10.1. The predicted molar refractivity (Wildman–Crippen MR) is 119 cm³/mol. The molecule has 10 heteroatoms. The molecule has 10 nitrogen and oxygen atoms in total. The molecular weight excluding hydrogens is 424 g/mol. The number of aliphatic carboxylic acids is 4. The van der Waals surface area contributed by atoms with Gasteiger partial charge in [-0.15, -0.1) is 0 Å². The van der Waals surface area contributed by atoms with Gasteiger partial charge >= 0.3 is 23.9 Å². The number of hydrogen-bond donors (Lipinski definition) is 6. The summed E-state index contributed by atoms with van der Waals surface area (Å²) in [4.78, 5) is 40.6. The van der Waals surface area contributed by atoms with Gasteiger partial charge < -0.3 is 30.6 Å². The average molecular weight is 467 g/mol. The Bertz CT molecular complexity index is 384. The number of unbranched alkanes of at least 4 members (excludes halogenated alkanes) is 10. The van der Waals surface area contributed by atoms with Crippen LogP contribution in [0.5, 0.6) is 0 Å². The van der Waals surface area contributed by atoms with E-state index in [1.807, 2.05) is 0 Å². The molecule has 0 saturated carbocycles. The van der Waals surface area contributed by atoms with Crippen LogP contribution in [0.3, 0.4) is 0 Å². The van der Waals surface area contributed by atoms with Gasteiger partial charge in [0.05, 0.1) is 13.2 Å². The van der Waals surface area contributed by atoms with E-state index in [-0.39, 0.29) is 38.9 Å². The van der Waals surface area contributed by atoms with Crippen molar-refractivity contribution in [3.63, 3.8) is 0 Å². The lowest BCUT2D eigenvalue weighted by molar-refractivity contribution is -0.138. The molecule has 32 heavy (non-hydrogen) atoms. The first-order chi connectivity index (χ1) is 15.2. The van der Waals surface area contributed by atoms with Gasteiger partial charge in [-0.2, -0.15) is 0 Å². The van der Waals surface area contributed by atoms with Crippen LogP contribution < -0.4 is 0 Å². The second kappa shape index (κ2) is 28.8. The van der Waals surface area contributed by atoms with E-state index < -0.39 is 23.9 Å². The average Bonchev–Trinajstić information content (AvgIpc) is 2.71. The summed E-state index contributed by atoms with van der Waals surface area (Å²) in [6.07, 6.45) is 11.6. The summed E-state index contributed by atoms with van der Waals surface area (Å²) >= 11 is 0. The number of carbonyl (C=O) groups is 4. The zero-order valence-corrected chi connectivity index (χ0v) is 19.0. The Kier molecular flexibility index (Phi) is 31.0. The van der Waals surface area contributed by atoms with E-state index in [9.17, 15) is 19.2 Å². The Morgan fingerprint density at radius 1 is 0.344 bits per heavy atom. The van der Waals surface area contributed by atoms with Crippen LogP contribution in [0.15, 0.2) is 0 Å². The Hall–Kier alpha value is -2.20. The highest BCUT2D eigenvalue weighted by atomic mass is 16.4. The second-order valence-corrected chi connectivity index (χ2v) is 7.26. The van der Waals surface area contributed by atoms with E-state index in [1.54, 1.807) is 0 Å². The van der Waals surface area contributed by atoms with Gasteiger partial charge in [0.1, 0.15) is 0 Å². The minimum Gasteiger partial charge on any atom is -0.481 e. The molecule has 0 radical (unpaired) electrons. The minimum absolute atomic E-state index is 0.125. The van der Waals surface area contributed by atoms with Crippen molar-refractivity contribution in [2.45, 2.75) is 103 Å². The van der Waals surface area contributed by atoms with Gasteiger partial charge in [0.2, 0.25) is 0 Å². The molecule has 0 rings (SSSR count). The zero-order valence-electron chi connectivity index (χ0n) is 19.0. The first-order valence-corrected chi connectivity index (χ1v) is 11.3. The van der Waals surface area contributed by atoms with E-state index >= 15 is 0 Å². The highest BCUT2D eigenvalue weighted by molar-refractivity contribution is 5.67. The van der Waals surface area contributed by atoms with Crippen LogP contribution in [0.2, 0.25) is 0 Å². The van der Waals surface area contributed by atoms with Gasteiger partial charge in [-0.1, -0.05) is 51.4 Å². The standard InChI is InChI=1S/2C10H18O4.C2H6O2/c2*11-9(12)7-5-3-1-2-4-6-8-10(13)14;3-1-2-4/h2*1-8H2,(H,11,12)(H,13,14);3-4H,1-2H2. The highest BCUT2D eigenvalue weighted by Gasteiger charge is 1.99. The third kappa shape index (κ3) is 46.2. The molecule has 0 amide bonds. The summed E-state index contributed by atoms with van der Waals surface area (Å²) in [7, 11) is 0. The molecule has 0 aliphatic heterocycles. The van der Waals surface area contributed by atoms with E-state index in [0.29, 0.717) is 0 Å². The number of rotatable bonds is 19. The Morgan fingerprint density at radius 2 is 0.500 bits per heavy atom. The molecular formula is C22H42O10. The molecule has 0 saturated heterocycles. The van der Waals surface area contributed by atoms with Gasteiger partial charge in [0, 0.05) is 25.7 Å². The Balaban J connectivity index is -0.000000450. The zero-order chi connectivity index (χ0) is 25.0. The highest BCUT2D eigenvalue weighted by Crippen LogP contribution is 2.09. The van der Waals surface area contributed by atoms with E-state index in [4.69, 9.17) is 30.6 Å². The van der Waals surface area contributed by atoms with E-state index in [2.05, 4.69) is 0 Å². The van der Waals surface area contributed by atoms with Crippen molar-refractivity contribution in [2.24, 2.45) is 0 Å². The van der Waals surface area contributed by atoms with Crippen LogP contribution in [0.25, 0.3) is 0 Å². The summed E-state index contributed by atoms with van der Waals surface area (Å²) in [6, 6.07) is 0. The first kappa shape index (κ1) is 34.4. The molecule has 0 aliphatic rings. The molecule has 0 aromatic heterocycles.